The zero-order chi connectivity index (χ0) is 27.9. The second-order valence-electron chi connectivity index (χ2n) is 10.8. The third-order valence-corrected chi connectivity index (χ3v) is 8.29. The Morgan fingerprint density at radius 2 is 1.57 bits per heavy atom. The van der Waals surface area contributed by atoms with Gasteiger partial charge in [-0.2, -0.15) is 0 Å². The lowest BCUT2D eigenvalue weighted by molar-refractivity contribution is -0.119. The van der Waals surface area contributed by atoms with Crippen LogP contribution < -0.4 is 9.64 Å². The van der Waals surface area contributed by atoms with E-state index in [-0.39, 0.29) is 23.9 Å². The summed E-state index contributed by atoms with van der Waals surface area (Å²) in [7, 11) is 1.42. The van der Waals surface area contributed by atoms with Gasteiger partial charge in [-0.1, -0.05) is 18.2 Å². The fraction of sp³-hybridized carbons (Fsp3) is 0.516. The van der Waals surface area contributed by atoms with E-state index in [2.05, 4.69) is 11.0 Å². The molecule has 40 heavy (non-hydrogen) atoms. The lowest BCUT2D eigenvalue weighted by Crippen LogP contribution is -2.50. The minimum absolute atomic E-state index is 0.0302. The normalized spacial score (nSPS) is 18.4. The fourth-order valence-corrected chi connectivity index (χ4v) is 5.97. The molecule has 0 unspecified atom stereocenters. The van der Waals surface area contributed by atoms with Gasteiger partial charge in [0.25, 0.3) is 5.91 Å². The number of likely N-dealkylation sites (tertiary alicyclic amines) is 1. The number of anilines is 1. The van der Waals surface area contributed by atoms with Crippen LogP contribution in [0.25, 0.3) is 0 Å². The predicted octanol–water partition coefficient (Wildman–Crippen LogP) is 3.81. The van der Waals surface area contributed by atoms with Gasteiger partial charge < -0.3 is 24.2 Å². The molecule has 3 heterocycles. The summed E-state index contributed by atoms with van der Waals surface area (Å²) in [6.45, 7) is 6.05. The Hall–Kier alpha value is -3.59. The minimum Gasteiger partial charge on any atom is -0.494 e. The van der Waals surface area contributed by atoms with Crippen molar-refractivity contribution in [3.63, 3.8) is 0 Å². The zero-order valence-corrected chi connectivity index (χ0v) is 23.4. The van der Waals surface area contributed by atoms with Crippen LogP contribution in [-0.4, -0.2) is 98.2 Å². The van der Waals surface area contributed by atoms with E-state index in [4.69, 9.17) is 9.47 Å². The Balaban J connectivity index is 1.02. The molecule has 2 fully saturated rings. The Kier molecular flexibility index (Phi) is 9.21. The number of hydrogen-bond acceptors (Lipinski definition) is 6. The molecule has 5 rings (SSSR count). The van der Waals surface area contributed by atoms with Crippen LogP contribution in [0.5, 0.6) is 5.75 Å². The first-order valence-corrected chi connectivity index (χ1v) is 14.5. The SMILES string of the molecule is COC(=O)N1CCN(CCCCOc2ccc(C(=O)N3CCC(N4C(=O)CCc5ccccc54)CC3)cc2)CC1. The van der Waals surface area contributed by atoms with E-state index in [1.807, 2.05) is 52.3 Å². The van der Waals surface area contributed by atoms with Gasteiger partial charge >= 0.3 is 6.09 Å². The number of para-hydroxylation sites is 1. The zero-order valence-electron chi connectivity index (χ0n) is 23.4. The van der Waals surface area contributed by atoms with E-state index < -0.39 is 0 Å². The molecule has 3 aliphatic heterocycles. The summed E-state index contributed by atoms with van der Waals surface area (Å²) in [6, 6.07) is 15.7. The van der Waals surface area contributed by atoms with Gasteiger partial charge in [0.15, 0.2) is 0 Å². The van der Waals surface area contributed by atoms with Crippen LogP contribution in [0.15, 0.2) is 48.5 Å². The summed E-state index contributed by atoms with van der Waals surface area (Å²) < 4.78 is 10.7. The maximum Gasteiger partial charge on any atom is 0.409 e. The van der Waals surface area contributed by atoms with E-state index in [0.717, 1.165) is 63.2 Å². The van der Waals surface area contributed by atoms with Crippen molar-refractivity contribution in [2.75, 3.05) is 64.4 Å². The van der Waals surface area contributed by atoms with E-state index in [0.29, 0.717) is 44.8 Å². The molecule has 3 aliphatic rings. The van der Waals surface area contributed by atoms with Crippen molar-refractivity contribution in [3.8, 4) is 5.75 Å². The van der Waals surface area contributed by atoms with Gasteiger partial charge in [-0.05, 0) is 74.5 Å². The average molecular weight is 549 g/mol. The number of fused-ring (bicyclic) bond motifs is 1. The maximum absolute atomic E-state index is 13.2. The number of piperidine rings is 1. The summed E-state index contributed by atoms with van der Waals surface area (Å²) in [6.07, 6.45) is 4.65. The molecule has 2 aromatic carbocycles. The minimum atomic E-state index is -0.248. The molecular formula is C31H40N4O5. The van der Waals surface area contributed by atoms with Crippen LogP contribution in [0, 0.1) is 0 Å². The standard InChI is InChI=1S/C31H40N4O5/c1-39-31(38)34-21-19-32(20-22-34)16-4-5-23-40-27-11-8-25(9-12-27)30(37)33-17-14-26(15-18-33)35-28-7-3-2-6-24(28)10-13-29(35)36/h2-3,6-9,11-12,26H,4-5,10,13-23H2,1H3. The van der Waals surface area contributed by atoms with Crippen LogP contribution in [-0.2, 0) is 16.0 Å². The first-order valence-electron chi connectivity index (χ1n) is 14.5. The first kappa shape index (κ1) is 28.0. The van der Waals surface area contributed by atoms with Gasteiger partial charge in [-0.3, -0.25) is 14.5 Å². The fourth-order valence-electron chi connectivity index (χ4n) is 5.97. The largest absolute Gasteiger partial charge is 0.494 e. The number of aryl methyl sites for hydroxylation is 1. The quantitative estimate of drug-likeness (QED) is 0.467. The molecule has 0 N–H and O–H groups in total. The highest BCUT2D eigenvalue weighted by Crippen LogP contribution is 2.32. The summed E-state index contributed by atoms with van der Waals surface area (Å²) in [5, 5.41) is 0. The van der Waals surface area contributed by atoms with E-state index in [1.165, 1.54) is 12.7 Å². The Morgan fingerprint density at radius 3 is 2.30 bits per heavy atom. The number of nitrogens with zero attached hydrogens (tertiary/aromatic N) is 4. The van der Waals surface area contributed by atoms with Crippen molar-refractivity contribution in [2.24, 2.45) is 0 Å². The second-order valence-corrected chi connectivity index (χ2v) is 10.8. The number of benzene rings is 2. The molecule has 214 valence electrons. The van der Waals surface area contributed by atoms with Crippen molar-refractivity contribution in [1.29, 1.82) is 0 Å². The topological polar surface area (TPSA) is 82.6 Å². The molecular weight excluding hydrogens is 508 g/mol. The lowest BCUT2D eigenvalue weighted by atomic mass is 9.95. The summed E-state index contributed by atoms with van der Waals surface area (Å²) in [5.74, 6) is 0.990. The Bertz CT molecular complexity index is 1170. The van der Waals surface area contributed by atoms with Gasteiger partial charge in [-0.25, -0.2) is 4.79 Å². The molecule has 9 nitrogen and oxygen atoms in total. The maximum atomic E-state index is 13.2. The molecule has 0 spiro atoms. The van der Waals surface area contributed by atoms with Gasteiger partial charge in [-0.15, -0.1) is 0 Å². The van der Waals surface area contributed by atoms with E-state index in [1.54, 1.807) is 4.90 Å². The van der Waals surface area contributed by atoms with Crippen molar-refractivity contribution in [2.45, 2.75) is 44.6 Å². The number of amides is 3. The van der Waals surface area contributed by atoms with Crippen molar-refractivity contribution in [3.05, 3.63) is 59.7 Å². The van der Waals surface area contributed by atoms with Crippen LogP contribution in [0.2, 0.25) is 0 Å². The predicted molar refractivity (Wildman–Crippen MR) is 153 cm³/mol. The van der Waals surface area contributed by atoms with Crippen molar-refractivity contribution < 1.29 is 23.9 Å². The highest BCUT2D eigenvalue weighted by atomic mass is 16.5. The molecule has 9 heteroatoms. The summed E-state index contributed by atoms with van der Waals surface area (Å²) >= 11 is 0. The van der Waals surface area contributed by atoms with E-state index in [9.17, 15) is 14.4 Å². The third kappa shape index (κ3) is 6.58. The average Bonchev–Trinajstić information content (AvgIpc) is 3.01. The summed E-state index contributed by atoms with van der Waals surface area (Å²) in [5.41, 5.74) is 2.94. The Morgan fingerprint density at radius 1 is 0.850 bits per heavy atom. The number of piperazine rings is 1. The molecule has 0 saturated carbocycles. The molecule has 0 bridgehead atoms. The summed E-state index contributed by atoms with van der Waals surface area (Å²) in [4.78, 5) is 45.5. The highest BCUT2D eigenvalue weighted by Gasteiger charge is 2.33. The van der Waals surface area contributed by atoms with Gasteiger partial charge in [0.1, 0.15) is 5.75 Å². The van der Waals surface area contributed by atoms with Gasteiger partial charge in [0.05, 0.1) is 13.7 Å². The molecule has 2 saturated heterocycles. The smallest absolute Gasteiger partial charge is 0.409 e. The molecule has 3 amide bonds. The highest BCUT2D eigenvalue weighted by molar-refractivity contribution is 5.97. The number of ether oxygens (including phenoxy) is 2. The molecule has 0 radical (unpaired) electrons. The molecule has 0 aromatic heterocycles. The van der Waals surface area contributed by atoms with Gasteiger partial charge in [0, 0.05) is 63.0 Å². The molecule has 2 aromatic rings. The van der Waals surface area contributed by atoms with Crippen molar-refractivity contribution in [1.82, 2.24) is 14.7 Å². The number of carbonyl (C=O) groups is 3. The van der Waals surface area contributed by atoms with Crippen LogP contribution in [0.4, 0.5) is 10.5 Å². The number of carbonyl (C=O) groups excluding carboxylic acids is 3. The molecule has 0 atom stereocenters. The number of unbranched alkanes of at least 4 members (excludes halogenated alkanes) is 1. The second kappa shape index (κ2) is 13.2. The van der Waals surface area contributed by atoms with Crippen LogP contribution in [0.3, 0.4) is 0 Å². The number of hydrogen-bond donors (Lipinski definition) is 0. The monoisotopic (exact) mass is 548 g/mol. The Labute approximate surface area is 236 Å². The molecule has 0 aliphatic carbocycles. The first-order chi connectivity index (χ1) is 19.5. The van der Waals surface area contributed by atoms with Crippen LogP contribution >= 0.6 is 0 Å². The number of methoxy groups -OCH3 is 1. The third-order valence-electron chi connectivity index (χ3n) is 8.29. The van der Waals surface area contributed by atoms with Gasteiger partial charge in [0.2, 0.25) is 5.91 Å². The number of rotatable bonds is 8. The van der Waals surface area contributed by atoms with Crippen LogP contribution in [0.1, 0.15) is 48.0 Å². The van der Waals surface area contributed by atoms with Crippen molar-refractivity contribution >= 4 is 23.6 Å². The van der Waals surface area contributed by atoms with E-state index >= 15 is 0 Å². The lowest BCUT2D eigenvalue weighted by Gasteiger charge is -2.41.